The van der Waals surface area contributed by atoms with Crippen molar-refractivity contribution in [1.29, 1.82) is 0 Å². The molecule has 1 heterocycles. The van der Waals surface area contributed by atoms with E-state index in [-0.39, 0.29) is 17.9 Å². The standard InChI is InChI=1S/C19H16N2O/c1-20-16-9-5-8-15(12-16)13-17-18(21-19(17)22)11-10-14-6-3-2-4-7-14/h2-12,17-18H,13H2,(H,21,22)/t17-,18?/m1/s1. The average molecular weight is 288 g/mol. The van der Waals surface area contributed by atoms with E-state index >= 15 is 0 Å². The van der Waals surface area contributed by atoms with Crippen LogP contribution in [0.4, 0.5) is 5.69 Å². The van der Waals surface area contributed by atoms with E-state index in [1.54, 1.807) is 6.07 Å². The molecule has 1 unspecified atom stereocenters. The van der Waals surface area contributed by atoms with Gasteiger partial charge in [0.05, 0.1) is 18.5 Å². The van der Waals surface area contributed by atoms with E-state index in [0.29, 0.717) is 12.1 Å². The largest absolute Gasteiger partial charge is 0.349 e. The highest BCUT2D eigenvalue weighted by atomic mass is 16.2. The molecule has 1 amide bonds. The second kappa shape index (κ2) is 6.28. The molecule has 0 saturated carbocycles. The van der Waals surface area contributed by atoms with Crippen LogP contribution in [0.25, 0.3) is 10.9 Å². The molecule has 2 atom stereocenters. The number of hydrogen-bond acceptors (Lipinski definition) is 1. The molecule has 1 fully saturated rings. The van der Waals surface area contributed by atoms with Crippen LogP contribution in [0.15, 0.2) is 60.7 Å². The van der Waals surface area contributed by atoms with Crippen LogP contribution in [0, 0.1) is 12.5 Å². The third kappa shape index (κ3) is 3.07. The lowest BCUT2D eigenvalue weighted by atomic mass is 9.84. The summed E-state index contributed by atoms with van der Waals surface area (Å²) in [5, 5.41) is 2.93. The van der Waals surface area contributed by atoms with E-state index in [0.717, 1.165) is 11.1 Å². The summed E-state index contributed by atoms with van der Waals surface area (Å²) in [6, 6.07) is 17.6. The lowest BCUT2D eigenvalue weighted by molar-refractivity contribution is -0.133. The summed E-state index contributed by atoms with van der Waals surface area (Å²) in [4.78, 5) is 15.2. The maximum atomic E-state index is 11.8. The number of carbonyl (C=O) groups is 1. The fraction of sp³-hybridized carbons (Fsp3) is 0.158. The minimum Gasteiger partial charge on any atom is -0.349 e. The first-order valence-corrected chi connectivity index (χ1v) is 7.26. The van der Waals surface area contributed by atoms with Gasteiger partial charge < -0.3 is 5.32 Å². The molecule has 2 aromatic carbocycles. The molecule has 1 N–H and O–H groups in total. The number of amides is 1. The third-order valence-corrected chi connectivity index (χ3v) is 3.87. The van der Waals surface area contributed by atoms with E-state index in [1.165, 1.54) is 0 Å². The summed E-state index contributed by atoms with van der Waals surface area (Å²) in [5.74, 6) is 0.0249. The highest BCUT2D eigenvalue weighted by Gasteiger charge is 2.37. The number of benzene rings is 2. The summed E-state index contributed by atoms with van der Waals surface area (Å²) in [5.41, 5.74) is 2.78. The Morgan fingerprint density at radius 3 is 2.68 bits per heavy atom. The minimum absolute atomic E-state index is 0.0547. The van der Waals surface area contributed by atoms with Crippen LogP contribution >= 0.6 is 0 Å². The Bertz CT molecular complexity index is 744. The molecule has 108 valence electrons. The molecule has 0 aromatic heterocycles. The second-order valence-corrected chi connectivity index (χ2v) is 5.40. The molecular formula is C19H16N2O. The van der Waals surface area contributed by atoms with Gasteiger partial charge >= 0.3 is 0 Å². The Balaban J connectivity index is 1.69. The van der Waals surface area contributed by atoms with Crippen LogP contribution in [-0.2, 0) is 11.2 Å². The van der Waals surface area contributed by atoms with E-state index < -0.39 is 0 Å². The number of carbonyl (C=O) groups excluding carboxylic acids is 1. The van der Waals surface area contributed by atoms with Gasteiger partial charge in [-0.25, -0.2) is 4.85 Å². The molecule has 0 aliphatic carbocycles. The maximum Gasteiger partial charge on any atom is 0.226 e. The van der Waals surface area contributed by atoms with Gasteiger partial charge in [0.2, 0.25) is 5.91 Å². The van der Waals surface area contributed by atoms with Crippen molar-refractivity contribution in [3.05, 3.63) is 83.2 Å². The van der Waals surface area contributed by atoms with E-state index in [1.807, 2.05) is 60.7 Å². The molecule has 1 aliphatic rings. The zero-order valence-corrected chi connectivity index (χ0v) is 12.1. The Hall–Kier alpha value is -2.86. The lowest BCUT2D eigenvalue weighted by Gasteiger charge is -2.35. The van der Waals surface area contributed by atoms with Gasteiger partial charge in [0.1, 0.15) is 0 Å². The van der Waals surface area contributed by atoms with Crippen molar-refractivity contribution in [3.8, 4) is 0 Å². The van der Waals surface area contributed by atoms with Crippen LogP contribution in [-0.4, -0.2) is 11.9 Å². The Labute approximate surface area is 130 Å². The predicted molar refractivity (Wildman–Crippen MR) is 87.3 cm³/mol. The molecule has 1 saturated heterocycles. The van der Waals surface area contributed by atoms with Gasteiger partial charge in [-0.05, 0) is 12.0 Å². The Kier molecular flexibility index (Phi) is 4.02. The number of rotatable bonds is 4. The highest BCUT2D eigenvalue weighted by molar-refractivity contribution is 5.87. The van der Waals surface area contributed by atoms with Crippen molar-refractivity contribution < 1.29 is 4.79 Å². The zero-order valence-electron chi connectivity index (χ0n) is 12.1. The summed E-state index contributed by atoms with van der Waals surface area (Å²) in [6.45, 7) is 7.06. The van der Waals surface area contributed by atoms with Crippen molar-refractivity contribution in [3.63, 3.8) is 0 Å². The van der Waals surface area contributed by atoms with Gasteiger partial charge in [0.25, 0.3) is 0 Å². The van der Waals surface area contributed by atoms with E-state index in [9.17, 15) is 4.79 Å². The summed E-state index contributed by atoms with van der Waals surface area (Å²) >= 11 is 0. The van der Waals surface area contributed by atoms with Crippen LogP contribution in [0.1, 0.15) is 11.1 Å². The summed E-state index contributed by atoms with van der Waals surface area (Å²) in [7, 11) is 0. The first-order valence-electron chi connectivity index (χ1n) is 7.26. The average Bonchev–Trinajstić information content (AvgIpc) is 2.57. The monoisotopic (exact) mass is 288 g/mol. The number of nitrogens with one attached hydrogen (secondary N) is 1. The molecular weight excluding hydrogens is 272 g/mol. The highest BCUT2D eigenvalue weighted by Crippen LogP contribution is 2.24. The van der Waals surface area contributed by atoms with E-state index in [2.05, 4.69) is 10.2 Å². The Morgan fingerprint density at radius 2 is 1.95 bits per heavy atom. The molecule has 3 rings (SSSR count). The van der Waals surface area contributed by atoms with Crippen molar-refractivity contribution in [1.82, 2.24) is 5.32 Å². The van der Waals surface area contributed by atoms with Crippen LogP contribution in [0.5, 0.6) is 0 Å². The first-order chi connectivity index (χ1) is 10.8. The molecule has 1 aliphatic heterocycles. The van der Waals surface area contributed by atoms with Crippen molar-refractivity contribution in [2.75, 3.05) is 0 Å². The summed E-state index contributed by atoms with van der Waals surface area (Å²) < 4.78 is 0. The van der Waals surface area contributed by atoms with Crippen LogP contribution < -0.4 is 5.32 Å². The molecule has 3 heteroatoms. The van der Waals surface area contributed by atoms with Gasteiger partial charge in [-0.2, -0.15) is 0 Å². The quantitative estimate of drug-likeness (QED) is 0.676. The molecule has 0 spiro atoms. The van der Waals surface area contributed by atoms with Crippen LogP contribution in [0.3, 0.4) is 0 Å². The molecule has 2 aromatic rings. The van der Waals surface area contributed by atoms with Gasteiger partial charge in [-0.3, -0.25) is 4.79 Å². The fourth-order valence-corrected chi connectivity index (χ4v) is 2.63. The zero-order chi connectivity index (χ0) is 15.4. The minimum atomic E-state index is -0.0547. The normalized spacial score (nSPS) is 20.2. The Morgan fingerprint density at radius 1 is 1.14 bits per heavy atom. The van der Waals surface area contributed by atoms with Crippen molar-refractivity contribution >= 4 is 17.7 Å². The SMILES string of the molecule is [C-]#[N+]c1cccc(C[C@H]2C(=O)NC2C=Cc2ccccc2)c1. The number of hydrogen-bond donors (Lipinski definition) is 1. The maximum absolute atomic E-state index is 11.8. The number of nitrogens with zero attached hydrogens (tertiary/aromatic N) is 1. The smallest absolute Gasteiger partial charge is 0.226 e. The van der Waals surface area contributed by atoms with Gasteiger partial charge in [-0.1, -0.05) is 72.3 Å². The second-order valence-electron chi connectivity index (χ2n) is 5.40. The van der Waals surface area contributed by atoms with Crippen molar-refractivity contribution in [2.24, 2.45) is 5.92 Å². The van der Waals surface area contributed by atoms with Gasteiger partial charge in [-0.15, -0.1) is 0 Å². The molecule has 22 heavy (non-hydrogen) atoms. The number of β-lactam (4-membered cyclic amide) rings is 1. The van der Waals surface area contributed by atoms with Crippen molar-refractivity contribution in [2.45, 2.75) is 12.5 Å². The van der Waals surface area contributed by atoms with Crippen LogP contribution in [0.2, 0.25) is 0 Å². The predicted octanol–water partition coefficient (Wildman–Crippen LogP) is 3.61. The molecule has 3 nitrogen and oxygen atoms in total. The summed E-state index contributed by atoms with van der Waals surface area (Å²) in [6.07, 6.45) is 4.74. The van der Waals surface area contributed by atoms with E-state index in [4.69, 9.17) is 6.57 Å². The van der Waals surface area contributed by atoms with Gasteiger partial charge in [0.15, 0.2) is 5.69 Å². The fourth-order valence-electron chi connectivity index (χ4n) is 2.63. The topological polar surface area (TPSA) is 33.5 Å². The molecule has 0 bridgehead atoms. The van der Waals surface area contributed by atoms with Gasteiger partial charge in [0, 0.05) is 0 Å². The third-order valence-electron chi connectivity index (χ3n) is 3.87. The first kappa shape index (κ1) is 14.1. The molecule has 0 radical (unpaired) electrons. The lowest BCUT2D eigenvalue weighted by Crippen LogP contribution is -2.57.